The highest BCUT2D eigenvalue weighted by Crippen LogP contribution is 2.28. The Balaban J connectivity index is 1.84. The van der Waals surface area contributed by atoms with Crippen LogP contribution in [0, 0.1) is 0 Å². The Morgan fingerprint density at radius 2 is 1.77 bits per heavy atom. The molecule has 1 heterocycles. The lowest BCUT2D eigenvalue weighted by molar-refractivity contribution is -0.118. The Morgan fingerprint density at radius 1 is 1.03 bits per heavy atom. The monoisotopic (exact) mass is 482 g/mol. The Bertz CT molecular complexity index is 1070. The zero-order chi connectivity index (χ0) is 21.7. The molecule has 0 radical (unpaired) electrons. The molecule has 1 aromatic heterocycles. The molecular weight excluding hydrogens is 467 g/mol. The van der Waals surface area contributed by atoms with Crippen LogP contribution in [0.15, 0.2) is 47.6 Å². The van der Waals surface area contributed by atoms with Crippen molar-refractivity contribution >= 4 is 58.3 Å². The average molecular weight is 484 g/mol. The lowest BCUT2D eigenvalue weighted by Crippen LogP contribution is -2.23. The summed E-state index contributed by atoms with van der Waals surface area (Å²) in [6.45, 7) is 1.86. The number of carbonyl (C=O) groups excluding carboxylic acids is 2. The Labute approximate surface area is 192 Å². The van der Waals surface area contributed by atoms with Crippen LogP contribution in [0.4, 0.5) is 0 Å². The van der Waals surface area contributed by atoms with Gasteiger partial charge in [-0.3, -0.25) is 14.2 Å². The number of thioether (sulfide) groups is 1. The molecule has 0 aliphatic heterocycles. The first-order valence-electron chi connectivity index (χ1n) is 8.91. The van der Waals surface area contributed by atoms with E-state index >= 15 is 0 Å². The highest BCUT2D eigenvalue weighted by molar-refractivity contribution is 7.99. The molecule has 10 heteroatoms. The van der Waals surface area contributed by atoms with Crippen LogP contribution in [0.1, 0.15) is 23.1 Å². The van der Waals surface area contributed by atoms with Crippen LogP contribution in [-0.4, -0.2) is 38.8 Å². The molecule has 0 aliphatic carbocycles. The van der Waals surface area contributed by atoms with Crippen molar-refractivity contribution in [3.8, 4) is 5.69 Å². The highest BCUT2D eigenvalue weighted by Gasteiger charge is 2.17. The number of benzene rings is 2. The molecule has 0 saturated heterocycles. The second kappa shape index (κ2) is 10.3. The van der Waals surface area contributed by atoms with Gasteiger partial charge < -0.3 is 5.32 Å². The van der Waals surface area contributed by atoms with Gasteiger partial charge in [0.15, 0.2) is 10.9 Å². The van der Waals surface area contributed by atoms with Crippen molar-refractivity contribution in [3.05, 3.63) is 68.9 Å². The second-order valence-corrected chi connectivity index (χ2v) is 8.48. The summed E-state index contributed by atoms with van der Waals surface area (Å²) in [6.07, 6.45) is 0.457. The van der Waals surface area contributed by atoms with E-state index in [1.54, 1.807) is 42.5 Å². The maximum atomic E-state index is 12.5. The molecule has 6 nitrogen and oxygen atoms in total. The molecule has 0 spiro atoms. The van der Waals surface area contributed by atoms with Gasteiger partial charge in [0, 0.05) is 30.5 Å². The summed E-state index contributed by atoms with van der Waals surface area (Å²) < 4.78 is 1.81. The van der Waals surface area contributed by atoms with Gasteiger partial charge in [-0.05, 0) is 42.5 Å². The molecule has 0 bridgehead atoms. The lowest BCUT2D eigenvalue weighted by atomic mass is 10.1. The van der Waals surface area contributed by atoms with Gasteiger partial charge in [-0.2, -0.15) is 0 Å². The first kappa shape index (κ1) is 22.6. The van der Waals surface area contributed by atoms with E-state index in [0.717, 1.165) is 0 Å². The highest BCUT2D eigenvalue weighted by atomic mass is 35.5. The molecule has 3 rings (SSSR count). The number of amides is 1. The predicted octanol–water partition coefficient (Wildman–Crippen LogP) is 4.88. The Kier molecular flexibility index (Phi) is 7.77. The quantitative estimate of drug-likeness (QED) is 0.365. The van der Waals surface area contributed by atoms with Crippen LogP contribution in [0.5, 0.6) is 0 Å². The molecule has 0 unspecified atom stereocenters. The number of aromatic nitrogens is 3. The van der Waals surface area contributed by atoms with Crippen molar-refractivity contribution in [1.29, 1.82) is 0 Å². The van der Waals surface area contributed by atoms with E-state index in [2.05, 4.69) is 15.5 Å². The Hall–Kier alpha value is -2.06. The number of nitrogens with zero attached hydrogens (tertiary/aromatic N) is 3. The number of Topliss-reactive ketones (excluding diaryl/α,β-unsaturated/α-hetero) is 1. The second-order valence-electron chi connectivity index (χ2n) is 6.28. The summed E-state index contributed by atoms with van der Waals surface area (Å²) in [5.74, 6) is 0.620. The minimum absolute atomic E-state index is 0.0554. The summed E-state index contributed by atoms with van der Waals surface area (Å²) in [6, 6.07) is 11.9. The van der Waals surface area contributed by atoms with E-state index in [1.807, 2.05) is 4.57 Å². The number of ketones is 1. The molecule has 156 valence electrons. The summed E-state index contributed by atoms with van der Waals surface area (Å²) in [5.41, 5.74) is 1.28. The summed E-state index contributed by atoms with van der Waals surface area (Å²) in [4.78, 5) is 23.7. The van der Waals surface area contributed by atoms with Crippen LogP contribution >= 0.6 is 46.6 Å². The van der Waals surface area contributed by atoms with E-state index in [9.17, 15) is 9.59 Å². The maximum absolute atomic E-state index is 12.5. The van der Waals surface area contributed by atoms with Gasteiger partial charge in [0.2, 0.25) is 5.91 Å². The van der Waals surface area contributed by atoms with Crippen molar-refractivity contribution in [2.45, 2.75) is 18.5 Å². The van der Waals surface area contributed by atoms with Crippen molar-refractivity contribution < 1.29 is 9.59 Å². The molecule has 1 amide bonds. The third-order valence-electron chi connectivity index (χ3n) is 4.08. The van der Waals surface area contributed by atoms with Crippen LogP contribution in [0.2, 0.25) is 15.1 Å². The number of nitrogens with one attached hydrogen (secondary N) is 1. The lowest BCUT2D eigenvalue weighted by Gasteiger charge is -2.11. The molecular formula is C20H17Cl3N4O2S. The van der Waals surface area contributed by atoms with E-state index < -0.39 is 0 Å². The fraction of sp³-hybridized carbons (Fsp3) is 0.200. The Morgan fingerprint density at radius 3 is 2.43 bits per heavy atom. The van der Waals surface area contributed by atoms with Crippen LogP contribution in [0.3, 0.4) is 0 Å². The number of hydrogen-bond acceptors (Lipinski definition) is 5. The van der Waals surface area contributed by atoms with Crippen LogP contribution in [0.25, 0.3) is 5.69 Å². The van der Waals surface area contributed by atoms with Crippen molar-refractivity contribution in [1.82, 2.24) is 20.1 Å². The molecule has 0 saturated carbocycles. The average Bonchev–Trinajstić information content (AvgIpc) is 3.11. The third-order valence-corrected chi connectivity index (χ3v) is 6.00. The van der Waals surface area contributed by atoms with Gasteiger partial charge in [0.1, 0.15) is 5.82 Å². The first-order valence-corrected chi connectivity index (χ1v) is 11.0. The van der Waals surface area contributed by atoms with E-state index in [1.165, 1.54) is 18.7 Å². The molecule has 30 heavy (non-hydrogen) atoms. The summed E-state index contributed by atoms with van der Waals surface area (Å²) in [7, 11) is 0. The largest absolute Gasteiger partial charge is 0.356 e. The number of carbonyl (C=O) groups is 2. The van der Waals surface area contributed by atoms with Gasteiger partial charge in [0.05, 0.1) is 21.5 Å². The van der Waals surface area contributed by atoms with Crippen molar-refractivity contribution in [3.63, 3.8) is 0 Å². The van der Waals surface area contributed by atoms with Gasteiger partial charge in [-0.15, -0.1) is 10.2 Å². The molecule has 2 aromatic carbocycles. The summed E-state index contributed by atoms with van der Waals surface area (Å²) >= 11 is 19.4. The SMILES string of the molecule is CC(=O)NCCc1nnc(SCC(=O)c2ccc(Cl)cc2)n1-c1ccc(Cl)c(Cl)c1. The zero-order valence-corrected chi connectivity index (χ0v) is 18.9. The van der Waals surface area contributed by atoms with Gasteiger partial charge in [0.25, 0.3) is 0 Å². The van der Waals surface area contributed by atoms with E-state index in [-0.39, 0.29) is 17.4 Å². The normalized spacial score (nSPS) is 10.8. The standard InChI is InChI=1S/C20H17Cl3N4O2S/c1-12(28)24-9-8-19-25-26-20(27(19)15-6-7-16(22)17(23)10-15)30-11-18(29)13-2-4-14(21)5-3-13/h2-7,10H,8-9,11H2,1H3,(H,24,28). The minimum Gasteiger partial charge on any atom is -0.356 e. The first-order chi connectivity index (χ1) is 14.3. The number of hydrogen-bond donors (Lipinski definition) is 1. The molecule has 0 atom stereocenters. The molecule has 1 N–H and O–H groups in total. The molecule has 0 aliphatic rings. The van der Waals surface area contributed by atoms with Crippen LogP contribution in [-0.2, 0) is 11.2 Å². The van der Waals surface area contributed by atoms with Crippen molar-refractivity contribution in [2.75, 3.05) is 12.3 Å². The minimum atomic E-state index is -0.126. The topological polar surface area (TPSA) is 76.9 Å². The number of halogens is 3. The van der Waals surface area contributed by atoms with Gasteiger partial charge in [-0.25, -0.2) is 0 Å². The van der Waals surface area contributed by atoms with E-state index in [4.69, 9.17) is 34.8 Å². The smallest absolute Gasteiger partial charge is 0.216 e. The van der Waals surface area contributed by atoms with E-state index in [0.29, 0.717) is 50.3 Å². The fourth-order valence-electron chi connectivity index (χ4n) is 2.64. The zero-order valence-electron chi connectivity index (χ0n) is 15.9. The van der Waals surface area contributed by atoms with Crippen LogP contribution < -0.4 is 5.32 Å². The maximum Gasteiger partial charge on any atom is 0.216 e. The molecule has 0 fully saturated rings. The molecule has 3 aromatic rings. The summed E-state index contributed by atoms with van der Waals surface area (Å²) in [5, 5.41) is 13.1. The predicted molar refractivity (Wildman–Crippen MR) is 120 cm³/mol. The van der Waals surface area contributed by atoms with Crippen molar-refractivity contribution in [2.24, 2.45) is 0 Å². The number of rotatable bonds is 8. The third kappa shape index (κ3) is 5.76. The van der Waals surface area contributed by atoms with Gasteiger partial charge >= 0.3 is 0 Å². The van der Waals surface area contributed by atoms with Gasteiger partial charge in [-0.1, -0.05) is 46.6 Å². The fourth-order valence-corrected chi connectivity index (χ4v) is 3.92.